The van der Waals surface area contributed by atoms with Crippen molar-refractivity contribution in [2.45, 2.75) is 33.2 Å². The average Bonchev–Trinajstić information content (AvgIpc) is 2.11. The van der Waals surface area contributed by atoms with E-state index in [9.17, 15) is 0 Å². The second-order valence-corrected chi connectivity index (χ2v) is 3.70. The lowest BCUT2D eigenvalue weighted by molar-refractivity contribution is 0.181. The maximum atomic E-state index is 8.70. The molecule has 0 heterocycles. The first-order chi connectivity index (χ1) is 6.11. The van der Waals surface area contributed by atoms with Crippen molar-refractivity contribution >= 4 is 0 Å². The van der Waals surface area contributed by atoms with Gasteiger partial charge in [0.2, 0.25) is 0 Å². The Hall–Kier alpha value is -0.590. The van der Waals surface area contributed by atoms with Crippen LogP contribution in [0, 0.1) is 17.2 Å². The molecule has 76 valence electrons. The fraction of sp³-hybridized carbons (Fsp3) is 0.900. The van der Waals surface area contributed by atoms with Gasteiger partial charge in [-0.1, -0.05) is 0 Å². The number of aliphatic hydroxyl groups is 1. The molecule has 0 amide bonds. The second-order valence-electron chi connectivity index (χ2n) is 3.70. The number of hydrogen-bond acceptors (Lipinski definition) is 3. The van der Waals surface area contributed by atoms with E-state index in [4.69, 9.17) is 10.4 Å². The Labute approximate surface area is 81.0 Å². The van der Waals surface area contributed by atoms with Gasteiger partial charge >= 0.3 is 0 Å². The highest BCUT2D eigenvalue weighted by Gasteiger charge is 2.11. The van der Waals surface area contributed by atoms with Crippen molar-refractivity contribution in [1.29, 1.82) is 5.26 Å². The zero-order valence-electron chi connectivity index (χ0n) is 8.82. The van der Waals surface area contributed by atoms with E-state index in [1.165, 1.54) is 0 Å². The molecule has 0 aromatic heterocycles. The third-order valence-corrected chi connectivity index (χ3v) is 2.06. The van der Waals surface area contributed by atoms with Crippen LogP contribution in [0.3, 0.4) is 0 Å². The van der Waals surface area contributed by atoms with Gasteiger partial charge in [0.1, 0.15) is 0 Å². The highest BCUT2D eigenvalue weighted by Crippen LogP contribution is 2.04. The van der Waals surface area contributed by atoms with E-state index in [0.29, 0.717) is 6.04 Å². The molecule has 0 bridgehead atoms. The summed E-state index contributed by atoms with van der Waals surface area (Å²) >= 11 is 0. The molecule has 0 radical (unpaired) electrons. The Morgan fingerprint density at radius 3 is 2.38 bits per heavy atom. The molecule has 0 fully saturated rings. The van der Waals surface area contributed by atoms with Gasteiger partial charge in [-0.2, -0.15) is 5.26 Å². The van der Waals surface area contributed by atoms with Crippen molar-refractivity contribution in [3.05, 3.63) is 0 Å². The van der Waals surface area contributed by atoms with E-state index in [2.05, 4.69) is 24.8 Å². The van der Waals surface area contributed by atoms with Crippen LogP contribution in [0.1, 0.15) is 27.2 Å². The maximum Gasteiger partial charge on any atom is 0.0666 e. The number of rotatable bonds is 6. The van der Waals surface area contributed by atoms with Gasteiger partial charge < -0.3 is 5.11 Å². The lowest BCUT2D eigenvalue weighted by Crippen LogP contribution is -2.35. The molecule has 0 aromatic carbocycles. The van der Waals surface area contributed by atoms with E-state index in [1.807, 2.05) is 6.92 Å². The topological polar surface area (TPSA) is 47.3 Å². The number of nitrogens with zero attached hydrogens (tertiary/aromatic N) is 2. The Morgan fingerprint density at radius 2 is 2.00 bits per heavy atom. The first kappa shape index (κ1) is 12.4. The summed E-state index contributed by atoms with van der Waals surface area (Å²) in [5.41, 5.74) is 0. The molecule has 0 spiro atoms. The van der Waals surface area contributed by atoms with E-state index < -0.39 is 0 Å². The summed E-state index contributed by atoms with van der Waals surface area (Å²) in [4.78, 5) is 2.23. The standard InChI is InChI=1S/C10H20N2O/c1-9(2)12(5-4-6-13)8-10(3)7-11/h9-10,13H,4-6,8H2,1-3H3. The molecule has 0 aliphatic heterocycles. The van der Waals surface area contributed by atoms with Crippen molar-refractivity contribution in [3.8, 4) is 6.07 Å². The third kappa shape index (κ3) is 5.62. The van der Waals surface area contributed by atoms with E-state index in [0.717, 1.165) is 19.5 Å². The molecular weight excluding hydrogens is 164 g/mol. The minimum Gasteiger partial charge on any atom is -0.396 e. The number of aliphatic hydroxyl groups excluding tert-OH is 1. The molecule has 0 rings (SSSR count). The lowest BCUT2D eigenvalue weighted by atomic mass is 10.1. The predicted molar refractivity (Wildman–Crippen MR) is 53.2 cm³/mol. The first-order valence-corrected chi connectivity index (χ1v) is 4.86. The monoisotopic (exact) mass is 184 g/mol. The van der Waals surface area contributed by atoms with Crippen molar-refractivity contribution in [3.63, 3.8) is 0 Å². The Balaban J connectivity index is 3.88. The summed E-state index contributed by atoms with van der Waals surface area (Å²) in [5, 5.41) is 17.4. The summed E-state index contributed by atoms with van der Waals surface area (Å²) in [6.45, 7) is 8.05. The Bertz CT molecular complexity index is 163. The predicted octanol–water partition coefficient (Wildman–Crippen LogP) is 1.24. The van der Waals surface area contributed by atoms with Crippen molar-refractivity contribution in [2.75, 3.05) is 19.7 Å². The van der Waals surface area contributed by atoms with E-state index >= 15 is 0 Å². The van der Waals surface area contributed by atoms with Gasteiger partial charge in [-0.15, -0.1) is 0 Å². The van der Waals surface area contributed by atoms with Crippen LogP contribution in [-0.2, 0) is 0 Å². The molecule has 3 heteroatoms. The van der Waals surface area contributed by atoms with Gasteiger partial charge in [0.15, 0.2) is 0 Å². The molecule has 0 aliphatic rings. The summed E-state index contributed by atoms with van der Waals surface area (Å²) in [5.74, 6) is 0.0705. The number of nitriles is 1. The smallest absolute Gasteiger partial charge is 0.0666 e. The fourth-order valence-electron chi connectivity index (χ4n) is 1.23. The summed E-state index contributed by atoms with van der Waals surface area (Å²) in [6.07, 6.45) is 0.788. The van der Waals surface area contributed by atoms with Crippen LogP contribution < -0.4 is 0 Å². The molecule has 1 unspecified atom stereocenters. The van der Waals surface area contributed by atoms with Gasteiger partial charge in [0.25, 0.3) is 0 Å². The summed E-state index contributed by atoms with van der Waals surface area (Å²) < 4.78 is 0. The van der Waals surface area contributed by atoms with Crippen molar-refractivity contribution in [1.82, 2.24) is 4.90 Å². The molecule has 13 heavy (non-hydrogen) atoms. The van der Waals surface area contributed by atoms with Gasteiger partial charge in [-0.3, -0.25) is 4.90 Å². The van der Waals surface area contributed by atoms with Crippen LogP contribution in [-0.4, -0.2) is 35.7 Å². The highest BCUT2D eigenvalue weighted by atomic mass is 16.3. The van der Waals surface area contributed by atoms with Crippen LogP contribution in [0.25, 0.3) is 0 Å². The zero-order valence-corrected chi connectivity index (χ0v) is 8.82. The van der Waals surface area contributed by atoms with Crippen LogP contribution in [0.5, 0.6) is 0 Å². The molecule has 1 N–H and O–H groups in total. The summed E-state index contributed by atoms with van der Waals surface area (Å²) in [6, 6.07) is 2.67. The highest BCUT2D eigenvalue weighted by molar-refractivity contribution is 4.82. The van der Waals surface area contributed by atoms with Crippen LogP contribution in [0.4, 0.5) is 0 Å². The van der Waals surface area contributed by atoms with Gasteiger partial charge in [-0.25, -0.2) is 0 Å². The Kier molecular flexibility index (Phi) is 6.56. The van der Waals surface area contributed by atoms with Gasteiger partial charge in [0, 0.05) is 25.7 Å². The average molecular weight is 184 g/mol. The van der Waals surface area contributed by atoms with Gasteiger partial charge in [0.05, 0.1) is 12.0 Å². The molecule has 0 saturated heterocycles. The molecule has 0 aromatic rings. The van der Waals surface area contributed by atoms with Crippen molar-refractivity contribution in [2.24, 2.45) is 5.92 Å². The third-order valence-electron chi connectivity index (χ3n) is 2.06. The SMILES string of the molecule is CC(C#N)CN(CCCO)C(C)C. The van der Waals surface area contributed by atoms with Gasteiger partial charge in [-0.05, 0) is 27.2 Å². The summed E-state index contributed by atoms with van der Waals surface area (Å²) in [7, 11) is 0. The van der Waals surface area contributed by atoms with E-state index in [1.54, 1.807) is 0 Å². The second kappa shape index (κ2) is 6.88. The van der Waals surface area contributed by atoms with Crippen molar-refractivity contribution < 1.29 is 5.11 Å². The lowest BCUT2D eigenvalue weighted by Gasteiger charge is -2.26. The molecule has 3 nitrogen and oxygen atoms in total. The molecule has 0 saturated carbocycles. The largest absolute Gasteiger partial charge is 0.396 e. The van der Waals surface area contributed by atoms with Crippen LogP contribution >= 0.6 is 0 Å². The first-order valence-electron chi connectivity index (χ1n) is 4.86. The zero-order chi connectivity index (χ0) is 10.3. The fourth-order valence-corrected chi connectivity index (χ4v) is 1.23. The minimum atomic E-state index is 0.0705. The van der Waals surface area contributed by atoms with E-state index in [-0.39, 0.29) is 12.5 Å². The molecular formula is C10H20N2O. The Morgan fingerprint density at radius 1 is 1.38 bits per heavy atom. The quantitative estimate of drug-likeness (QED) is 0.675. The molecule has 1 atom stereocenters. The molecule has 0 aliphatic carbocycles. The van der Waals surface area contributed by atoms with Crippen LogP contribution in [0.2, 0.25) is 0 Å². The normalized spacial score (nSPS) is 13.3. The van der Waals surface area contributed by atoms with Crippen LogP contribution in [0.15, 0.2) is 0 Å². The maximum absolute atomic E-state index is 8.70. The minimum absolute atomic E-state index is 0.0705. The number of hydrogen-bond donors (Lipinski definition) is 1.